The summed E-state index contributed by atoms with van der Waals surface area (Å²) in [7, 11) is 0. The van der Waals surface area contributed by atoms with Crippen LogP contribution in [0.3, 0.4) is 0 Å². The van der Waals surface area contributed by atoms with Crippen LogP contribution in [0.1, 0.15) is 30.1 Å². The maximum Gasteiger partial charge on any atom is 0.255 e. The summed E-state index contributed by atoms with van der Waals surface area (Å²) in [5.74, 6) is -0.0466. The Morgan fingerprint density at radius 2 is 2.12 bits per heavy atom. The highest BCUT2D eigenvalue weighted by molar-refractivity contribution is 7.13. The van der Waals surface area contributed by atoms with Gasteiger partial charge in [0.25, 0.3) is 5.91 Å². The number of rotatable bonds is 4. The zero-order valence-corrected chi connectivity index (χ0v) is 15.5. The molecule has 4 rings (SSSR count). The van der Waals surface area contributed by atoms with Crippen molar-refractivity contribution in [3.63, 3.8) is 0 Å². The van der Waals surface area contributed by atoms with Gasteiger partial charge in [0.1, 0.15) is 5.69 Å². The molecule has 5 nitrogen and oxygen atoms in total. The zero-order chi connectivity index (χ0) is 17.9. The van der Waals surface area contributed by atoms with Crippen LogP contribution < -0.4 is 10.6 Å². The van der Waals surface area contributed by atoms with Crippen LogP contribution in [0.15, 0.2) is 54.0 Å². The molecule has 2 aromatic heterocycles. The normalized spacial score (nSPS) is 20.0. The van der Waals surface area contributed by atoms with E-state index in [4.69, 9.17) is 5.10 Å². The van der Waals surface area contributed by atoms with E-state index in [1.54, 1.807) is 16.0 Å². The molecule has 2 N–H and O–H groups in total. The Bertz CT molecular complexity index is 873. The number of hydrogen-bond acceptors (Lipinski definition) is 4. The summed E-state index contributed by atoms with van der Waals surface area (Å²) in [6.45, 7) is 3.09. The van der Waals surface area contributed by atoms with Gasteiger partial charge in [-0.05, 0) is 49.9 Å². The second-order valence-electron chi connectivity index (χ2n) is 6.70. The fraction of sp³-hybridized carbons (Fsp3) is 0.300. The van der Waals surface area contributed by atoms with Crippen molar-refractivity contribution in [3.05, 3.63) is 59.6 Å². The predicted octanol–water partition coefficient (Wildman–Crippen LogP) is 3.47. The Labute approximate surface area is 157 Å². The number of thiophene rings is 1. The minimum Gasteiger partial charge on any atom is -0.349 e. The molecule has 0 aliphatic carbocycles. The molecule has 1 aliphatic rings. The van der Waals surface area contributed by atoms with Crippen LogP contribution in [0.2, 0.25) is 0 Å². The first-order chi connectivity index (χ1) is 12.7. The minimum atomic E-state index is -0.0466. The maximum atomic E-state index is 13.0. The Morgan fingerprint density at radius 1 is 1.27 bits per heavy atom. The van der Waals surface area contributed by atoms with Crippen LogP contribution in [0.5, 0.6) is 0 Å². The molecular weight excluding hydrogens is 344 g/mol. The number of aromatic nitrogens is 2. The van der Waals surface area contributed by atoms with E-state index >= 15 is 0 Å². The van der Waals surface area contributed by atoms with Gasteiger partial charge in [-0.15, -0.1) is 11.3 Å². The standard InChI is InChI=1S/C20H22N4OS/c1-14-12-15(9-10-21-14)22-20(25)17-13-24(16-6-3-2-4-7-16)23-19(17)18-8-5-11-26-18/h2-8,11,13-15,21H,9-10,12H2,1H3,(H,22,25). The van der Waals surface area contributed by atoms with Crippen molar-refractivity contribution in [2.75, 3.05) is 6.54 Å². The van der Waals surface area contributed by atoms with E-state index in [0.29, 0.717) is 11.6 Å². The summed E-state index contributed by atoms with van der Waals surface area (Å²) in [6.07, 6.45) is 3.74. The molecule has 1 fully saturated rings. The number of amides is 1. The van der Waals surface area contributed by atoms with Gasteiger partial charge >= 0.3 is 0 Å². The molecule has 0 saturated carbocycles. The quantitative estimate of drug-likeness (QED) is 0.743. The Kier molecular flexibility index (Phi) is 4.86. The summed E-state index contributed by atoms with van der Waals surface area (Å²) in [5, 5.41) is 13.3. The maximum absolute atomic E-state index is 13.0. The molecule has 26 heavy (non-hydrogen) atoms. The number of hydrogen-bond donors (Lipinski definition) is 2. The van der Waals surface area contributed by atoms with Gasteiger partial charge in [-0.25, -0.2) is 4.68 Å². The lowest BCUT2D eigenvalue weighted by molar-refractivity contribution is 0.0926. The molecular formula is C20H22N4OS. The lowest BCUT2D eigenvalue weighted by Crippen LogP contribution is -2.46. The third kappa shape index (κ3) is 3.57. The van der Waals surface area contributed by atoms with Crippen LogP contribution >= 0.6 is 11.3 Å². The lowest BCUT2D eigenvalue weighted by atomic mass is 10.0. The molecule has 0 bridgehead atoms. The van der Waals surface area contributed by atoms with E-state index < -0.39 is 0 Å². The van der Waals surface area contributed by atoms with E-state index in [1.165, 1.54) is 0 Å². The van der Waals surface area contributed by atoms with Gasteiger partial charge in [0.15, 0.2) is 0 Å². The van der Waals surface area contributed by atoms with Gasteiger partial charge < -0.3 is 10.6 Å². The molecule has 2 unspecified atom stereocenters. The Balaban J connectivity index is 1.65. The molecule has 1 aromatic carbocycles. The molecule has 1 aliphatic heterocycles. The van der Waals surface area contributed by atoms with Crippen LogP contribution in [0, 0.1) is 0 Å². The second-order valence-corrected chi connectivity index (χ2v) is 7.65. The summed E-state index contributed by atoms with van der Waals surface area (Å²) >= 11 is 1.60. The Hall–Kier alpha value is -2.44. The van der Waals surface area contributed by atoms with E-state index in [2.05, 4.69) is 17.6 Å². The molecule has 0 radical (unpaired) electrons. The number of carbonyl (C=O) groups excluding carboxylic acids is 1. The van der Waals surface area contributed by atoms with E-state index in [9.17, 15) is 4.79 Å². The second kappa shape index (κ2) is 7.43. The van der Waals surface area contributed by atoms with Crippen molar-refractivity contribution in [2.45, 2.75) is 31.8 Å². The molecule has 6 heteroatoms. The number of piperidine rings is 1. The van der Waals surface area contributed by atoms with Gasteiger partial charge in [0, 0.05) is 18.3 Å². The highest BCUT2D eigenvalue weighted by Crippen LogP contribution is 2.28. The first kappa shape index (κ1) is 17.0. The number of para-hydroxylation sites is 1. The lowest BCUT2D eigenvalue weighted by Gasteiger charge is -2.28. The largest absolute Gasteiger partial charge is 0.349 e. The van der Waals surface area contributed by atoms with Crippen LogP contribution in [0.4, 0.5) is 0 Å². The number of carbonyl (C=O) groups is 1. The Morgan fingerprint density at radius 3 is 2.85 bits per heavy atom. The van der Waals surface area contributed by atoms with Crippen molar-refractivity contribution >= 4 is 17.2 Å². The highest BCUT2D eigenvalue weighted by Gasteiger charge is 2.24. The predicted molar refractivity (Wildman–Crippen MR) is 105 cm³/mol. The summed E-state index contributed by atoms with van der Waals surface area (Å²) in [4.78, 5) is 14.0. The van der Waals surface area contributed by atoms with E-state index in [-0.39, 0.29) is 11.9 Å². The molecule has 0 spiro atoms. The third-order valence-corrected chi connectivity index (χ3v) is 5.57. The molecule has 1 amide bonds. The van der Waals surface area contributed by atoms with E-state index in [0.717, 1.165) is 35.6 Å². The molecule has 3 aromatic rings. The smallest absolute Gasteiger partial charge is 0.255 e. The van der Waals surface area contributed by atoms with Crippen molar-refractivity contribution in [1.82, 2.24) is 20.4 Å². The zero-order valence-electron chi connectivity index (χ0n) is 14.7. The summed E-state index contributed by atoms with van der Waals surface area (Å²) in [5.41, 5.74) is 2.31. The molecule has 3 heterocycles. The SMILES string of the molecule is CC1CC(NC(=O)c2cn(-c3ccccc3)nc2-c2cccs2)CCN1. The van der Waals surface area contributed by atoms with Crippen molar-refractivity contribution in [2.24, 2.45) is 0 Å². The summed E-state index contributed by atoms with van der Waals surface area (Å²) in [6, 6.07) is 14.5. The minimum absolute atomic E-state index is 0.0466. The van der Waals surface area contributed by atoms with Crippen molar-refractivity contribution in [3.8, 4) is 16.3 Å². The van der Waals surface area contributed by atoms with Crippen LogP contribution in [-0.2, 0) is 0 Å². The number of benzene rings is 1. The monoisotopic (exact) mass is 366 g/mol. The van der Waals surface area contributed by atoms with E-state index in [1.807, 2.05) is 54.0 Å². The number of nitrogens with zero attached hydrogens (tertiary/aromatic N) is 2. The fourth-order valence-corrected chi connectivity index (χ4v) is 4.10. The molecule has 1 saturated heterocycles. The number of nitrogens with one attached hydrogen (secondary N) is 2. The van der Waals surface area contributed by atoms with Gasteiger partial charge in [-0.2, -0.15) is 5.10 Å². The fourth-order valence-electron chi connectivity index (χ4n) is 3.37. The molecule has 134 valence electrons. The van der Waals surface area contributed by atoms with Gasteiger partial charge in [0.2, 0.25) is 0 Å². The van der Waals surface area contributed by atoms with Crippen LogP contribution in [0.25, 0.3) is 16.3 Å². The van der Waals surface area contributed by atoms with Crippen LogP contribution in [-0.4, -0.2) is 34.3 Å². The average Bonchev–Trinajstić information content (AvgIpc) is 3.32. The molecule has 2 atom stereocenters. The first-order valence-corrected chi connectivity index (χ1v) is 9.82. The summed E-state index contributed by atoms with van der Waals surface area (Å²) < 4.78 is 1.79. The highest BCUT2D eigenvalue weighted by atomic mass is 32.1. The topological polar surface area (TPSA) is 59.0 Å². The van der Waals surface area contributed by atoms with Gasteiger partial charge in [-0.1, -0.05) is 24.3 Å². The van der Waals surface area contributed by atoms with Gasteiger partial charge in [0.05, 0.1) is 16.1 Å². The van der Waals surface area contributed by atoms with Gasteiger partial charge in [-0.3, -0.25) is 4.79 Å². The van der Waals surface area contributed by atoms with Crippen molar-refractivity contribution in [1.29, 1.82) is 0 Å². The average molecular weight is 366 g/mol. The third-order valence-electron chi connectivity index (χ3n) is 4.69. The first-order valence-electron chi connectivity index (χ1n) is 8.94. The van der Waals surface area contributed by atoms with Crippen molar-refractivity contribution < 1.29 is 4.79 Å².